The molecule has 0 saturated carbocycles. The van der Waals surface area contributed by atoms with Crippen LogP contribution in [-0.4, -0.2) is 106 Å². The van der Waals surface area contributed by atoms with Crippen molar-refractivity contribution in [3.05, 3.63) is 62.9 Å². The van der Waals surface area contributed by atoms with Gasteiger partial charge in [0, 0.05) is 63.5 Å². The molecular weight excluding hydrogens is 733 g/mol. The van der Waals surface area contributed by atoms with E-state index >= 15 is 0 Å². The molecule has 3 heterocycles. The molecular formula is C38H48N5O9PS. The minimum absolute atomic E-state index is 0.0104. The number of likely N-dealkylation sites (tertiary alicyclic amines) is 1. The molecule has 2 N–H and O–H groups in total. The van der Waals surface area contributed by atoms with Gasteiger partial charge in [0.25, 0.3) is 0 Å². The molecule has 2 fully saturated rings. The standard InChI is InChI=1S/C38H48N5O9PS/c1-6-40-20-27(36(47)48)33(45)26-18-31(32(53)19-30(26)40)41-11-13-42(14-12-41)38(50)51-21-25-16-22(2)34(23(3)17-25)52-37(49)29-8-7-10-43(29)35(46)28(9-15-54-5)39-24(4)44/h16-20,28-29H,6-15,21,53H2,1-5H3,(H,39,44)(H,47,48). The summed E-state index contributed by atoms with van der Waals surface area (Å²) in [5, 5.41) is 13.5. The zero-order valence-corrected chi connectivity index (χ0v) is 33.3. The third-order valence-corrected chi connectivity index (χ3v) is 11.0. The number of carboxylic acid groups (broad SMARTS) is 1. The SMILES string of the molecule is CCn1cc(C(=O)O)c(=O)c2cc(N3CCN(C(=O)OCc4cc(C)c(OC(=O)C5CCCN5C(=O)C(CCSC)NC(C)=O)c(C)c4)CC3)c(P)cc21. The molecule has 16 heteroatoms. The average molecular weight is 782 g/mol. The van der Waals surface area contributed by atoms with Crippen molar-refractivity contribution in [2.24, 2.45) is 0 Å². The molecule has 0 radical (unpaired) electrons. The highest BCUT2D eigenvalue weighted by Crippen LogP contribution is 2.29. The number of nitrogens with one attached hydrogen (secondary N) is 1. The van der Waals surface area contributed by atoms with Crippen LogP contribution in [0.25, 0.3) is 10.9 Å². The highest BCUT2D eigenvalue weighted by molar-refractivity contribution is 7.98. The second-order valence-corrected chi connectivity index (χ2v) is 15.2. The Balaban J connectivity index is 1.18. The summed E-state index contributed by atoms with van der Waals surface area (Å²) in [5.41, 5.74) is 2.71. The van der Waals surface area contributed by atoms with E-state index in [1.54, 1.807) is 53.3 Å². The van der Waals surface area contributed by atoms with Gasteiger partial charge in [-0.1, -0.05) is 0 Å². The Morgan fingerprint density at radius 1 is 1.04 bits per heavy atom. The summed E-state index contributed by atoms with van der Waals surface area (Å²) >= 11 is 1.58. The Labute approximate surface area is 320 Å². The predicted molar refractivity (Wildman–Crippen MR) is 211 cm³/mol. The summed E-state index contributed by atoms with van der Waals surface area (Å²) < 4.78 is 13.3. The molecule has 0 bridgehead atoms. The van der Waals surface area contributed by atoms with Gasteiger partial charge in [-0.15, -0.1) is 9.24 Å². The van der Waals surface area contributed by atoms with Gasteiger partial charge in [0.1, 0.15) is 30.0 Å². The number of pyridine rings is 1. The lowest BCUT2D eigenvalue weighted by Crippen LogP contribution is -2.52. The highest BCUT2D eigenvalue weighted by Gasteiger charge is 2.39. The molecule has 0 spiro atoms. The van der Waals surface area contributed by atoms with E-state index in [2.05, 4.69) is 19.5 Å². The minimum atomic E-state index is -1.27. The van der Waals surface area contributed by atoms with E-state index in [0.717, 1.165) is 16.6 Å². The van der Waals surface area contributed by atoms with Crippen LogP contribution in [0.2, 0.25) is 0 Å². The number of piperazine rings is 1. The molecule has 2 aromatic carbocycles. The quantitative estimate of drug-likeness (QED) is 0.157. The number of aromatic nitrogens is 1. The Morgan fingerprint density at radius 2 is 1.72 bits per heavy atom. The van der Waals surface area contributed by atoms with Gasteiger partial charge in [-0.3, -0.25) is 14.4 Å². The Bertz CT molecular complexity index is 1990. The first-order valence-electron chi connectivity index (χ1n) is 18.0. The monoisotopic (exact) mass is 781 g/mol. The van der Waals surface area contributed by atoms with Crippen LogP contribution >= 0.6 is 21.0 Å². The van der Waals surface area contributed by atoms with Crippen LogP contribution in [0.4, 0.5) is 10.5 Å². The van der Waals surface area contributed by atoms with Crippen molar-refractivity contribution in [2.45, 2.75) is 72.2 Å². The van der Waals surface area contributed by atoms with Crippen LogP contribution < -0.4 is 25.7 Å². The number of aromatic carboxylic acids is 1. The number of fused-ring (bicyclic) bond motifs is 1. The Hall–Kier alpha value is -4.62. The smallest absolute Gasteiger partial charge is 0.410 e. The minimum Gasteiger partial charge on any atom is -0.477 e. The van der Waals surface area contributed by atoms with Crippen LogP contribution in [0.15, 0.2) is 35.3 Å². The van der Waals surface area contributed by atoms with E-state index in [4.69, 9.17) is 9.47 Å². The summed E-state index contributed by atoms with van der Waals surface area (Å²) in [4.78, 5) is 81.7. The summed E-state index contributed by atoms with van der Waals surface area (Å²) in [7, 11) is 2.69. The fourth-order valence-corrected chi connectivity index (χ4v) is 8.06. The molecule has 54 heavy (non-hydrogen) atoms. The lowest BCUT2D eigenvalue weighted by Gasteiger charge is -2.36. The number of benzene rings is 2. The molecule has 290 valence electrons. The number of rotatable bonds is 12. The van der Waals surface area contributed by atoms with Crippen molar-refractivity contribution >= 4 is 72.7 Å². The summed E-state index contributed by atoms with van der Waals surface area (Å²) in [6.07, 6.45) is 4.42. The number of aryl methyl sites for hydroxylation is 3. The fourth-order valence-electron chi connectivity index (χ4n) is 7.16. The summed E-state index contributed by atoms with van der Waals surface area (Å²) in [5.74, 6) is -1.31. The first-order chi connectivity index (χ1) is 25.7. The van der Waals surface area contributed by atoms with E-state index in [-0.39, 0.29) is 24.0 Å². The molecule has 3 atom stereocenters. The first kappa shape index (κ1) is 40.6. The lowest BCUT2D eigenvalue weighted by molar-refractivity contribution is -0.147. The summed E-state index contributed by atoms with van der Waals surface area (Å²) in [6.45, 7) is 9.51. The lowest BCUT2D eigenvalue weighted by atomic mass is 10.1. The number of carbonyl (C=O) groups excluding carboxylic acids is 4. The molecule has 0 aliphatic carbocycles. The predicted octanol–water partition coefficient (Wildman–Crippen LogP) is 3.45. The number of ether oxygens (including phenoxy) is 2. The zero-order chi connectivity index (χ0) is 39.3. The number of esters is 1. The number of nitrogens with zero attached hydrogens (tertiary/aromatic N) is 4. The number of hydrogen-bond acceptors (Lipinski definition) is 10. The molecule has 1 aromatic heterocycles. The Kier molecular flexibility index (Phi) is 13.3. The van der Waals surface area contributed by atoms with Crippen LogP contribution in [0, 0.1) is 13.8 Å². The van der Waals surface area contributed by atoms with Gasteiger partial charge in [-0.05, 0) is 98.3 Å². The first-order valence-corrected chi connectivity index (χ1v) is 20.0. The third-order valence-electron chi connectivity index (χ3n) is 9.86. The maximum Gasteiger partial charge on any atom is 0.410 e. The van der Waals surface area contributed by atoms with Crippen molar-refractivity contribution in [3.8, 4) is 5.75 Å². The fraction of sp³-hybridized carbons (Fsp3) is 0.474. The topological polar surface area (TPSA) is 168 Å². The Morgan fingerprint density at radius 3 is 2.33 bits per heavy atom. The molecule has 2 saturated heterocycles. The average Bonchev–Trinajstić information content (AvgIpc) is 3.64. The number of amides is 3. The molecule has 3 unspecified atom stereocenters. The van der Waals surface area contributed by atoms with E-state index in [1.165, 1.54) is 18.0 Å². The van der Waals surface area contributed by atoms with Crippen molar-refractivity contribution in [2.75, 3.05) is 49.6 Å². The van der Waals surface area contributed by atoms with Crippen molar-refractivity contribution < 1.29 is 38.6 Å². The molecule has 3 aromatic rings. The van der Waals surface area contributed by atoms with Crippen molar-refractivity contribution in [1.29, 1.82) is 0 Å². The van der Waals surface area contributed by atoms with Crippen LogP contribution in [0.1, 0.15) is 60.2 Å². The molecule has 2 aliphatic rings. The number of anilines is 1. The third kappa shape index (κ3) is 9.01. The van der Waals surface area contributed by atoms with Crippen molar-refractivity contribution in [1.82, 2.24) is 19.7 Å². The molecule has 14 nitrogen and oxygen atoms in total. The number of carbonyl (C=O) groups is 5. The van der Waals surface area contributed by atoms with Crippen LogP contribution in [-0.2, 0) is 32.3 Å². The van der Waals surface area contributed by atoms with Crippen LogP contribution in [0.3, 0.4) is 0 Å². The molecule has 5 rings (SSSR count). The number of hydrogen-bond donors (Lipinski definition) is 2. The van der Waals surface area contributed by atoms with Gasteiger partial charge in [0.2, 0.25) is 17.2 Å². The van der Waals surface area contributed by atoms with Gasteiger partial charge in [0.15, 0.2) is 0 Å². The molecule has 2 aliphatic heterocycles. The van der Waals surface area contributed by atoms with E-state index < -0.39 is 35.5 Å². The molecule has 3 amide bonds. The van der Waals surface area contributed by atoms with Crippen LogP contribution in [0.5, 0.6) is 5.75 Å². The highest BCUT2D eigenvalue weighted by atomic mass is 32.2. The van der Waals surface area contributed by atoms with E-state index in [1.807, 2.05) is 19.2 Å². The zero-order valence-electron chi connectivity index (χ0n) is 31.3. The number of thioether (sulfide) groups is 1. The van der Waals surface area contributed by atoms with Gasteiger partial charge in [0.05, 0.1) is 5.52 Å². The second kappa shape index (κ2) is 17.7. The second-order valence-electron chi connectivity index (χ2n) is 13.6. The van der Waals surface area contributed by atoms with Gasteiger partial charge < -0.3 is 39.2 Å². The maximum absolute atomic E-state index is 13.4. The summed E-state index contributed by atoms with van der Waals surface area (Å²) in [6, 6.07) is 5.74. The van der Waals surface area contributed by atoms with Crippen molar-refractivity contribution in [3.63, 3.8) is 0 Å². The number of carboxylic acids is 1. The van der Waals surface area contributed by atoms with Gasteiger partial charge >= 0.3 is 18.0 Å². The largest absolute Gasteiger partial charge is 0.477 e. The normalized spacial score (nSPS) is 16.3. The van der Waals surface area contributed by atoms with Gasteiger partial charge in [-0.2, -0.15) is 11.8 Å². The van der Waals surface area contributed by atoms with Gasteiger partial charge in [-0.25, -0.2) is 14.4 Å². The van der Waals surface area contributed by atoms with E-state index in [9.17, 15) is 33.9 Å². The van der Waals surface area contributed by atoms with E-state index in [0.29, 0.717) is 92.1 Å². The maximum atomic E-state index is 13.4.